The number of nitrogens with zero attached hydrogens (tertiary/aromatic N) is 1. The van der Waals surface area contributed by atoms with Gasteiger partial charge in [0, 0.05) is 22.4 Å². The average Bonchev–Trinajstić information content (AvgIpc) is 2.47. The summed E-state index contributed by atoms with van der Waals surface area (Å²) in [6.07, 6.45) is 4.17. The number of aromatic nitrogens is 1. The molecule has 0 spiro atoms. The average molecular weight is 348 g/mol. The third-order valence-corrected chi connectivity index (χ3v) is 3.60. The van der Waals surface area contributed by atoms with Gasteiger partial charge in [0.05, 0.1) is 17.4 Å². The van der Waals surface area contributed by atoms with Gasteiger partial charge in [0.1, 0.15) is 0 Å². The number of halogens is 1. The molecule has 5 heteroatoms. The number of benzene rings is 1. The van der Waals surface area contributed by atoms with Crippen LogP contribution in [0.3, 0.4) is 0 Å². The van der Waals surface area contributed by atoms with Gasteiger partial charge >= 0.3 is 0 Å². The van der Waals surface area contributed by atoms with Crippen molar-refractivity contribution in [1.82, 2.24) is 10.3 Å². The van der Waals surface area contributed by atoms with E-state index in [4.69, 9.17) is 0 Å². The van der Waals surface area contributed by atoms with E-state index in [1.807, 2.05) is 38.1 Å². The van der Waals surface area contributed by atoms with Crippen molar-refractivity contribution in [3.05, 3.63) is 52.8 Å². The summed E-state index contributed by atoms with van der Waals surface area (Å²) in [5.74, 6) is -0.102. The van der Waals surface area contributed by atoms with E-state index < -0.39 is 0 Å². The number of carbonyl (C=O) groups excluding carboxylic acids is 1. The molecule has 0 aliphatic rings. The van der Waals surface area contributed by atoms with Crippen molar-refractivity contribution >= 4 is 33.2 Å². The molecule has 2 rings (SSSR count). The van der Waals surface area contributed by atoms with E-state index in [0.717, 1.165) is 22.3 Å². The lowest BCUT2D eigenvalue weighted by Crippen LogP contribution is -2.31. The summed E-state index contributed by atoms with van der Waals surface area (Å²) in [4.78, 5) is 16.2. The van der Waals surface area contributed by atoms with Gasteiger partial charge < -0.3 is 10.6 Å². The summed E-state index contributed by atoms with van der Waals surface area (Å²) in [6.45, 7) is 4.02. The summed E-state index contributed by atoms with van der Waals surface area (Å²) < 4.78 is 0.992. The van der Waals surface area contributed by atoms with Gasteiger partial charge in [0.2, 0.25) is 0 Å². The van der Waals surface area contributed by atoms with Gasteiger partial charge in [-0.25, -0.2) is 0 Å². The van der Waals surface area contributed by atoms with Gasteiger partial charge in [-0.1, -0.05) is 28.9 Å². The van der Waals surface area contributed by atoms with E-state index in [0.29, 0.717) is 5.56 Å². The normalized spacial score (nSPS) is 11.8. The second kappa shape index (κ2) is 7.22. The van der Waals surface area contributed by atoms with E-state index in [2.05, 4.69) is 31.5 Å². The van der Waals surface area contributed by atoms with Crippen LogP contribution in [0.25, 0.3) is 0 Å². The molecule has 0 saturated heterocycles. The van der Waals surface area contributed by atoms with Gasteiger partial charge in [-0.05, 0) is 37.6 Å². The Bertz CT molecular complexity index is 630. The maximum absolute atomic E-state index is 12.1. The highest BCUT2D eigenvalue weighted by Gasteiger charge is 2.09. The van der Waals surface area contributed by atoms with Crippen molar-refractivity contribution in [2.45, 2.75) is 26.3 Å². The lowest BCUT2D eigenvalue weighted by Gasteiger charge is -2.12. The number of anilines is 2. The Labute approximate surface area is 133 Å². The molecule has 1 unspecified atom stereocenters. The van der Waals surface area contributed by atoms with Gasteiger partial charge in [-0.3, -0.25) is 9.78 Å². The molecule has 0 radical (unpaired) electrons. The Hall–Kier alpha value is -1.88. The maximum atomic E-state index is 12.1. The Morgan fingerprint density at radius 3 is 2.81 bits per heavy atom. The Morgan fingerprint density at radius 2 is 2.10 bits per heavy atom. The summed E-state index contributed by atoms with van der Waals surface area (Å²) in [7, 11) is 0. The molecular formula is C16H18BrN3O. The first-order valence-corrected chi connectivity index (χ1v) is 7.66. The quantitative estimate of drug-likeness (QED) is 0.855. The molecule has 0 saturated carbocycles. The molecule has 4 nitrogen and oxygen atoms in total. The highest BCUT2D eigenvalue weighted by Crippen LogP contribution is 2.20. The zero-order chi connectivity index (χ0) is 15.2. The van der Waals surface area contributed by atoms with Gasteiger partial charge in [-0.2, -0.15) is 0 Å². The third-order valence-electron chi connectivity index (χ3n) is 3.10. The highest BCUT2D eigenvalue weighted by molar-refractivity contribution is 9.10. The lowest BCUT2D eigenvalue weighted by molar-refractivity contribution is 0.0939. The Balaban J connectivity index is 2.12. The molecule has 1 aromatic heterocycles. The molecule has 0 aliphatic carbocycles. The van der Waals surface area contributed by atoms with Crippen LogP contribution in [-0.2, 0) is 0 Å². The fraction of sp³-hybridized carbons (Fsp3) is 0.250. The molecule has 0 bridgehead atoms. The number of amides is 1. The Morgan fingerprint density at radius 1 is 1.29 bits per heavy atom. The number of pyridine rings is 1. The van der Waals surface area contributed by atoms with E-state index in [1.54, 1.807) is 18.5 Å². The molecule has 0 aliphatic heterocycles. The van der Waals surface area contributed by atoms with Crippen molar-refractivity contribution in [2.24, 2.45) is 0 Å². The first-order valence-electron chi connectivity index (χ1n) is 6.87. The lowest BCUT2D eigenvalue weighted by atomic mass is 10.2. The van der Waals surface area contributed by atoms with Crippen molar-refractivity contribution in [3.63, 3.8) is 0 Å². The molecule has 1 heterocycles. The zero-order valence-corrected chi connectivity index (χ0v) is 13.6. The summed E-state index contributed by atoms with van der Waals surface area (Å²) in [5, 5.41) is 6.17. The number of carbonyl (C=O) groups is 1. The van der Waals surface area contributed by atoms with E-state index in [9.17, 15) is 4.79 Å². The van der Waals surface area contributed by atoms with Crippen molar-refractivity contribution < 1.29 is 4.79 Å². The molecule has 0 fully saturated rings. The largest absolute Gasteiger partial charge is 0.354 e. The molecule has 21 heavy (non-hydrogen) atoms. The van der Waals surface area contributed by atoms with E-state index >= 15 is 0 Å². The monoisotopic (exact) mass is 347 g/mol. The summed E-state index contributed by atoms with van der Waals surface area (Å²) >= 11 is 3.43. The highest BCUT2D eigenvalue weighted by atomic mass is 79.9. The van der Waals surface area contributed by atoms with Crippen LogP contribution in [0, 0.1) is 0 Å². The Kier molecular flexibility index (Phi) is 5.33. The van der Waals surface area contributed by atoms with Crippen LogP contribution in [0.1, 0.15) is 30.6 Å². The first kappa shape index (κ1) is 15.5. The number of hydrogen-bond acceptors (Lipinski definition) is 3. The predicted molar refractivity (Wildman–Crippen MR) is 88.9 cm³/mol. The van der Waals surface area contributed by atoms with Crippen molar-refractivity contribution in [2.75, 3.05) is 5.32 Å². The fourth-order valence-electron chi connectivity index (χ4n) is 1.77. The van der Waals surface area contributed by atoms with Crippen LogP contribution in [-0.4, -0.2) is 16.9 Å². The summed E-state index contributed by atoms with van der Waals surface area (Å²) in [6, 6.07) is 9.77. The summed E-state index contributed by atoms with van der Waals surface area (Å²) in [5.41, 5.74) is 2.27. The molecule has 1 atom stereocenters. The van der Waals surface area contributed by atoms with Crippen molar-refractivity contribution in [3.8, 4) is 0 Å². The number of nitrogens with one attached hydrogen (secondary N) is 2. The van der Waals surface area contributed by atoms with Crippen molar-refractivity contribution in [1.29, 1.82) is 0 Å². The van der Waals surface area contributed by atoms with Gasteiger partial charge in [0.25, 0.3) is 5.91 Å². The standard InChI is InChI=1S/C16H18BrN3O/c1-3-11(2)19-16(21)12-7-15(10-18-9-12)20-14-6-4-5-13(17)8-14/h4-11,20H,3H2,1-2H3,(H,19,21). The third kappa shape index (κ3) is 4.56. The molecule has 1 aromatic carbocycles. The topological polar surface area (TPSA) is 54.0 Å². The first-order chi connectivity index (χ1) is 10.1. The minimum absolute atomic E-state index is 0.102. The van der Waals surface area contributed by atoms with Crippen LogP contribution in [0.15, 0.2) is 47.2 Å². The van der Waals surface area contributed by atoms with Gasteiger partial charge in [0.15, 0.2) is 0 Å². The molecular weight excluding hydrogens is 330 g/mol. The van der Waals surface area contributed by atoms with E-state index in [-0.39, 0.29) is 11.9 Å². The molecule has 2 N–H and O–H groups in total. The molecule has 110 valence electrons. The second-order valence-corrected chi connectivity index (χ2v) is 5.80. The van der Waals surface area contributed by atoms with Crippen LogP contribution < -0.4 is 10.6 Å². The molecule has 1 amide bonds. The smallest absolute Gasteiger partial charge is 0.253 e. The predicted octanol–water partition coefficient (Wildman–Crippen LogP) is 4.12. The fourth-order valence-corrected chi connectivity index (χ4v) is 2.17. The zero-order valence-electron chi connectivity index (χ0n) is 12.1. The van der Waals surface area contributed by atoms with Crippen LogP contribution in [0.2, 0.25) is 0 Å². The minimum Gasteiger partial charge on any atom is -0.354 e. The molecule has 2 aromatic rings. The SMILES string of the molecule is CCC(C)NC(=O)c1cncc(Nc2cccc(Br)c2)c1. The maximum Gasteiger partial charge on any atom is 0.253 e. The number of rotatable bonds is 5. The van der Waals surface area contributed by atoms with E-state index in [1.165, 1.54) is 0 Å². The number of hydrogen-bond donors (Lipinski definition) is 2. The van der Waals surface area contributed by atoms with Gasteiger partial charge in [-0.15, -0.1) is 0 Å². The van der Waals surface area contributed by atoms with Crippen LogP contribution in [0.5, 0.6) is 0 Å². The van der Waals surface area contributed by atoms with Crippen LogP contribution >= 0.6 is 15.9 Å². The van der Waals surface area contributed by atoms with Crippen LogP contribution in [0.4, 0.5) is 11.4 Å². The second-order valence-electron chi connectivity index (χ2n) is 4.88. The minimum atomic E-state index is -0.102.